The molecule has 0 aromatic rings. The van der Waals surface area contributed by atoms with E-state index in [1.54, 1.807) is 0 Å². The Bertz CT molecular complexity index is 368. The van der Waals surface area contributed by atoms with E-state index in [-0.39, 0.29) is 11.8 Å². The smallest absolute Gasteiger partial charge is 0.329 e. The maximum atomic E-state index is 12.1. The van der Waals surface area contributed by atoms with E-state index >= 15 is 0 Å². The van der Waals surface area contributed by atoms with Crippen molar-refractivity contribution < 1.29 is 14.7 Å². The van der Waals surface area contributed by atoms with Gasteiger partial charge in [-0.05, 0) is 31.6 Å². The average molecular weight is 265 g/mol. The van der Waals surface area contributed by atoms with Crippen LogP contribution >= 0.6 is 0 Å². The van der Waals surface area contributed by atoms with E-state index in [0.717, 1.165) is 38.5 Å². The number of carboxylic acids is 1. The lowest BCUT2D eigenvalue weighted by molar-refractivity contribution is -0.148. The van der Waals surface area contributed by atoms with Gasteiger partial charge in [0.2, 0.25) is 5.91 Å². The molecule has 106 valence electrons. The van der Waals surface area contributed by atoms with Crippen LogP contribution in [0.5, 0.6) is 0 Å². The summed E-state index contributed by atoms with van der Waals surface area (Å²) in [6, 6.07) is 0. The highest BCUT2D eigenvalue weighted by molar-refractivity contribution is 5.87. The van der Waals surface area contributed by atoms with Crippen LogP contribution in [0.25, 0.3) is 0 Å². The first-order chi connectivity index (χ1) is 9.12. The Morgan fingerprint density at radius 1 is 1.21 bits per heavy atom. The largest absolute Gasteiger partial charge is 0.480 e. The van der Waals surface area contributed by atoms with Crippen molar-refractivity contribution in [1.82, 2.24) is 5.32 Å². The van der Waals surface area contributed by atoms with E-state index in [1.165, 1.54) is 0 Å². The number of carbonyl (C=O) groups excluding carboxylic acids is 1. The summed E-state index contributed by atoms with van der Waals surface area (Å²) in [4.78, 5) is 23.7. The van der Waals surface area contributed by atoms with Crippen molar-refractivity contribution in [2.45, 2.75) is 63.3 Å². The second-order valence-electron chi connectivity index (χ2n) is 5.82. The molecule has 4 heteroatoms. The molecule has 0 radical (unpaired) electrons. The van der Waals surface area contributed by atoms with Crippen LogP contribution in [-0.4, -0.2) is 22.5 Å². The van der Waals surface area contributed by atoms with E-state index < -0.39 is 11.5 Å². The summed E-state index contributed by atoms with van der Waals surface area (Å²) in [5.74, 6) is -0.692. The molecule has 0 spiro atoms. The molecule has 0 aromatic heterocycles. The highest BCUT2D eigenvalue weighted by Crippen LogP contribution is 2.28. The molecular weight excluding hydrogens is 242 g/mol. The SMILES string of the molecule is O=C(CC1C=CCC1)NC1(C(=O)O)CCCCCC1. The molecule has 4 nitrogen and oxygen atoms in total. The predicted molar refractivity (Wildman–Crippen MR) is 72.7 cm³/mol. The minimum Gasteiger partial charge on any atom is -0.480 e. The predicted octanol–water partition coefficient (Wildman–Crippen LogP) is 2.64. The van der Waals surface area contributed by atoms with E-state index in [9.17, 15) is 14.7 Å². The van der Waals surface area contributed by atoms with E-state index in [4.69, 9.17) is 0 Å². The fourth-order valence-electron chi connectivity index (χ4n) is 3.15. The van der Waals surface area contributed by atoms with Crippen molar-refractivity contribution in [3.63, 3.8) is 0 Å². The van der Waals surface area contributed by atoms with Crippen molar-refractivity contribution in [3.05, 3.63) is 12.2 Å². The second-order valence-corrected chi connectivity index (χ2v) is 5.82. The van der Waals surface area contributed by atoms with Crippen molar-refractivity contribution in [1.29, 1.82) is 0 Å². The summed E-state index contributed by atoms with van der Waals surface area (Å²) >= 11 is 0. The molecule has 2 rings (SSSR count). The molecular formula is C15H23NO3. The van der Waals surface area contributed by atoms with Gasteiger partial charge in [-0.1, -0.05) is 37.8 Å². The van der Waals surface area contributed by atoms with Gasteiger partial charge in [0.1, 0.15) is 5.54 Å². The lowest BCUT2D eigenvalue weighted by Gasteiger charge is -2.29. The third-order valence-corrected chi connectivity index (χ3v) is 4.31. The molecule has 19 heavy (non-hydrogen) atoms. The first-order valence-electron chi connectivity index (χ1n) is 7.33. The maximum absolute atomic E-state index is 12.1. The Morgan fingerprint density at radius 2 is 1.89 bits per heavy atom. The van der Waals surface area contributed by atoms with Crippen LogP contribution in [0, 0.1) is 5.92 Å². The van der Waals surface area contributed by atoms with E-state index in [2.05, 4.69) is 17.5 Å². The number of hydrogen-bond donors (Lipinski definition) is 2. The van der Waals surface area contributed by atoms with Crippen LogP contribution in [0.3, 0.4) is 0 Å². The molecule has 1 atom stereocenters. The zero-order valence-corrected chi connectivity index (χ0v) is 11.4. The Kier molecular flexibility index (Phi) is 4.61. The quantitative estimate of drug-likeness (QED) is 0.606. The number of hydrogen-bond acceptors (Lipinski definition) is 2. The van der Waals surface area contributed by atoms with Crippen LogP contribution in [0.4, 0.5) is 0 Å². The first-order valence-corrected chi connectivity index (χ1v) is 7.33. The molecule has 0 aliphatic heterocycles. The van der Waals surface area contributed by atoms with Gasteiger partial charge in [-0.3, -0.25) is 4.79 Å². The third-order valence-electron chi connectivity index (χ3n) is 4.31. The zero-order valence-electron chi connectivity index (χ0n) is 11.4. The van der Waals surface area contributed by atoms with Crippen LogP contribution in [0.15, 0.2) is 12.2 Å². The minimum absolute atomic E-state index is 0.110. The molecule has 1 saturated carbocycles. The highest BCUT2D eigenvalue weighted by Gasteiger charge is 2.40. The van der Waals surface area contributed by atoms with E-state index in [0.29, 0.717) is 19.3 Å². The number of rotatable bonds is 4. The molecule has 0 bridgehead atoms. The van der Waals surface area contributed by atoms with Gasteiger partial charge in [0, 0.05) is 6.42 Å². The number of carboxylic acid groups (broad SMARTS) is 1. The van der Waals surface area contributed by atoms with Gasteiger partial charge in [-0.25, -0.2) is 4.79 Å². The fraction of sp³-hybridized carbons (Fsp3) is 0.733. The highest BCUT2D eigenvalue weighted by atomic mass is 16.4. The van der Waals surface area contributed by atoms with Gasteiger partial charge in [0.15, 0.2) is 0 Å². The lowest BCUT2D eigenvalue weighted by atomic mass is 9.89. The van der Waals surface area contributed by atoms with Gasteiger partial charge in [-0.2, -0.15) is 0 Å². The molecule has 2 aliphatic carbocycles. The standard InChI is InChI=1S/C15H23NO3/c17-13(11-12-7-3-4-8-12)16-15(14(18)19)9-5-1-2-6-10-15/h3,7,12H,1-2,4-6,8-11H2,(H,16,17)(H,18,19). The Hall–Kier alpha value is -1.32. The third kappa shape index (κ3) is 3.58. The molecule has 2 aliphatic rings. The zero-order chi connectivity index (χ0) is 13.7. The number of nitrogens with one attached hydrogen (secondary N) is 1. The number of aliphatic carboxylic acids is 1. The molecule has 1 amide bonds. The van der Waals surface area contributed by atoms with Gasteiger partial charge in [0.25, 0.3) is 0 Å². The normalized spacial score (nSPS) is 25.8. The summed E-state index contributed by atoms with van der Waals surface area (Å²) in [6.07, 6.45) is 11.7. The molecule has 1 unspecified atom stereocenters. The summed E-state index contributed by atoms with van der Waals surface area (Å²) in [6.45, 7) is 0. The summed E-state index contributed by atoms with van der Waals surface area (Å²) in [5.41, 5.74) is -1.02. The van der Waals surface area contributed by atoms with Crippen molar-refractivity contribution in [3.8, 4) is 0 Å². The topological polar surface area (TPSA) is 66.4 Å². The summed E-state index contributed by atoms with van der Waals surface area (Å²) in [7, 11) is 0. The monoisotopic (exact) mass is 265 g/mol. The molecule has 0 heterocycles. The fourth-order valence-corrected chi connectivity index (χ4v) is 3.15. The van der Waals surface area contributed by atoms with Gasteiger partial charge in [0.05, 0.1) is 0 Å². The molecule has 1 fully saturated rings. The Morgan fingerprint density at radius 3 is 2.42 bits per heavy atom. The maximum Gasteiger partial charge on any atom is 0.329 e. The molecule has 2 N–H and O–H groups in total. The van der Waals surface area contributed by atoms with E-state index in [1.807, 2.05) is 0 Å². The number of carbonyl (C=O) groups is 2. The Balaban J connectivity index is 1.96. The summed E-state index contributed by atoms with van der Waals surface area (Å²) < 4.78 is 0. The van der Waals surface area contributed by atoms with Crippen molar-refractivity contribution >= 4 is 11.9 Å². The van der Waals surface area contributed by atoms with Crippen LogP contribution in [0.1, 0.15) is 57.8 Å². The number of amides is 1. The Labute approximate surface area is 114 Å². The van der Waals surface area contributed by atoms with Crippen LogP contribution in [-0.2, 0) is 9.59 Å². The van der Waals surface area contributed by atoms with Crippen molar-refractivity contribution in [2.75, 3.05) is 0 Å². The minimum atomic E-state index is -1.02. The second kappa shape index (κ2) is 6.22. The van der Waals surface area contributed by atoms with Gasteiger partial charge < -0.3 is 10.4 Å². The lowest BCUT2D eigenvalue weighted by Crippen LogP contribution is -2.54. The van der Waals surface area contributed by atoms with Crippen LogP contribution in [0.2, 0.25) is 0 Å². The summed E-state index contributed by atoms with van der Waals surface area (Å²) in [5, 5.41) is 12.3. The average Bonchev–Trinajstić information content (AvgIpc) is 2.73. The van der Waals surface area contributed by atoms with Gasteiger partial charge in [-0.15, -0.1) is 0 Å². The molecule has 0 saturated heterocycles. The van der Waals surface area contributed by atoms with Crippen LogP contribution < -0.4 is 5.32 Å². The van der Waals surface area contributed by atoms with Crippen molar-refractivity contribution in [2.24, 2.45) is 5.92 Å². The van der Waals surface area contributed by atoms with Gasteiger partial charge >= 0.3 is 5.97 Å². The molecule has 0 aromatic carbocycles. The first kappa shape index (κ1) is 14.1. The number of allylic oxidation sites excluding steroid dienone is 2.